The summed E-state index contributed by atoms with van der Waals surface area (Å²) < 4.78 is 9.59. The standard InChI is InChI=1S/C12H20O6S/c1-7(6-19)10(15)18-8(9(13)14)5-17-11(16)12(2,3)4/h7-8,19H,5-6H2,1-4H3,(H,13,14)/t7-,8?/m1/s1. The number of esters is 2. The quantitative estimate of drug-likeness (QED) is 0.563. The normalized spacial score (nSPS) is 14.4. The third-order valence-corrected chi connectivity index (χ3v) is 2.74. The largest absolute Gasteiger partial charge is 0.478 e. The first-order chi connectivity index (χ1) is 8.59. The molecule has 0 aliphatic rings. The Kier molecular flexibility index (Phi) is 6.89. The molecule has 0 rings (SSSR count). The fourth-order valence-corrected chi connectivity index (χ4v) is 1.00. The van der Waals surface area contributed by atoms with Gasteiger partial charge in [-0.05, 0) is 20.8 Å². The van der Waals surface area contributed by atoms with Crippen LogP contribution < -0.4 is 0 Å². The van der Waals surface area contributed by atoms with Gasteiger partial charge < -0.3 is 14.6 Å². The van der Waals surface area contributed by atoms with Gasteiger partial charge in [-0.3, -0.25) is 9.59 Å². The molecule has 0 aromatic rings. The predicted octanol–water partition coefficient (Wildman–Crippen LogP) is 1.14. The lowest BCUT2D eigenvalue weighted by molar-refractivity contribution is -0.175. The zero-order chi connectivity index (χ0) is 15.2. The van der Waals surface area contributed by atoms with Crippen molar-refractivity contribution in [3.63, 3.8) is 0 Å². The Morgan fingerprint density at radius 2 is 1.79 bits per heavy atom. The van der Waals surface area contributed by atoms with E-state index in [1.165, 1.54) is 0 Å². The monoisotopic (exact) mass is 292 g/mol. The average Bonchev–Trinajstić information content (AvgIpc) is 2.30. The summed E-state index contributed by atoms with van der Waals surface area (Å²) in [4.78, 5) is 33.9. The van der Waals surface area contributed by atoms with Crippen LogP contribution in [0.2, 0.25) is 0 Å². The molecule has 0 amide bonds. The van der Waals surface area contributed by atoms with E-state index in [1.54, 1.807) is 27.7 Å². The molecular formula is C12H20O6S. The number of carboxylic acid groups (broad SMARTS) is 1. The summed E-state index contributed by atoms with van der Waals surface area (Å²) >= 11 is 3.92. The van der Waals surface area contributed by atoms with Crippen LogP contribution in [-0.4, -0.2) is 41.5 Å². The molecule has 0 saturated carbocycles. The van der Waals surface area contributed by atoms with Crippen LogP contribution in [0.5, 0.6) is 0 Å². The summed E-state index contributed by atoms with van der Waals surface area (Å²) in [6.07, 6.45) is -1.50. The zero-order valence-electron chi connectivity index (χ0n) is 11.5. The molecular weight excluding hydrogens is 272 g/mol. The molecule has 0 bridgehead atoms. The Balaban J connectivity index is 4.49. The number of carboxylic acids is 1. The molecule has 0 aliphatic heterocycles. The Labute approximate surface area is 117 Å². The van der Waals surface area contributed by atoms with Crippen LogP contribution in [-0.2, 0) is 23.9 Å². The second kappa shape index (κ2) is 7.37. The Bertz CT molecular complexity index is 347. The van der Waals surface area contributed by atoms with Crippen LogP contribution in [0.4, 0.5) is 0 Å². The SMILES string of the molecule is C[C@H](CS)C(=O)OC(COC(=O)C(C)(C)C)C(=O)O. The summed E-state index contributed by atoms with van der Waals surface area (Å²) in [6.45, 7) is 5.98. The number of carbonyl (C=O) groups excluding carboxylic acids is 2. The number of hydrogen-bond donors (Lipinski definition) is 2. The van der Waals surface area contributed by atoms with Crippen LogP contribution in [0, 0.1) is 11.3 Å². The molecule has 0 radical (unpaired) electrons. The first-order valence-electron chi connectivity index (χ1n) is 5.81. The van der Waals surface area contributed by atoms with Crippen LogP contribution in [0.3, 0.4) is 0 Å². The highest BCUT2D eigenvalue weighted by Crippen LogP contribution is 2.15. The van der Waals surface area contributed by atoms with Crippen molar-refractivity contribution in [2.45, 2.75) is 33.8 Å². The van der Waals surface area contributed by atoms with Gasteiger partial charge in [-0.15, -0.1) is 0 Å². The maximum absolute atomic E-state index is 11.5. The molecule has 0 spiro atoms. The second-order valence-corrected chi connectivity index (χ2v) is 5.56. The van der Waals surface area contributed by atoms with Gasteiger partial charge in [-0.2, -0.15) is 12.6 Å². The molecule has 0 fully saturated rings. The molecule has 0 aromatic heterocycles. The van der Waals surface area contributed by atoms with Crippen LogP contribution >= 0.6 is 12.6 Å². The lowest BCUT2D eigenvalue weighted by Crippen LogP contribution is -2.36. The van der Waals surface area contributed by atoms with E-state index < -0.39 is 42.0 Å². The molecule has 19 heavy (non-hydrogen) atoms. The van der Waals surface area contributed by atoms with E-state index >= 15 is 0 Å². The van der Waals surface area contributed by atoms with Crippen molar-refractivity contribution in [2.75, 3.05) is 12.4 Å². The van der Waals surface area contributed by atoms with Gasteiger partial charge >= 0.3 is 17.9 Å². The van der Waals surface area contributed by atoms with Crippen LogP contribution in [0.1, 0.15) is 27.7 Å². The van der Waals surface area contributed by atoms with Crippen molar-refractivity contribution >= 4 is 30.5 Å². The summed E-state index contributed by atoms with van der Waals surface area (Å²) in [5.74, 6) is -2.89. The molecule has 0 saturated heterocycles. The van der Waals surface area contributed by atoms with Gasteiger partial charge in [0.25, 0.3) is 0 Å². The summed E-state index contributed by atoms with van der Waals surface area (Å²) in [7, 11) is 0. The minimum atomic E-state index is -1.50. The lowest BCUT2D eigenvalue weighted by Gasteiger charge is -2.20. The van der Waals surface area contributed by atoms with Crippen molar-refractivity contribution in [1.82, 2.24) is 0 Å². The predicted molar refractivity (Wildman–Crippen MR) is 70.9 cm³/mol. The van der Waals surface area contributed by atoms with Gasteiger partial charge in [0.15, 0.2) is 0 Å². The smallest absolute Gasteiger partial charge is 0.348 e. The van der Waals surface area contributed by atoms with E-state index in [4.69, 9.17) is 14.6 Å². The van der Waals surface area contributed by atoms with Gasteiger partial charge in [0.1, 0.15) is 6.61 Å². The van der Waals surface area contributed by atoms with Gasteiger partial charge in [0.2, 0.25) is 6.10 Å². The van der Waals surface area contributed by atoms with E-state index in [0.29, 0.717) is 0 Å². The van der Waals surface area contributed by atoms with Crippen LogP contribution in [0.25, 0.3) is 0 Å². The van der Waals surface area contributed by atoms with Crippen molar-refractivity contribution < 1.29 is 29.0 Å². The third-order valence-electron chi connectivity index (χ3n) is 2.19. The number of carbonyl (C=O) groups is 3. The van der Waals surface area contributed by atoms with E-state index in [1.807, 2.05) is 0 Å². The number of aliphatic carboxylic acids is 1. The summed E-state index contributed by atoms with van der Waals surface area (Å²) in [5, 5.41) is 8.90. The first kappa shape index (κ1) is 17.8. The van der Waals surface area contributed by atoms with Gasteiger partial charge in [-0.1, -0.05) is 6.92 Å². The maximum Gasteiger partial charge on any atom is 0.348 e. The number of hydrogen-bond acceptors (Lipinski definition) is 6. The molecule has 1 unspecified atom stereocenters. The van der Waals surface area contributed by atoms with E-state index in [0.717, 1.165) is 0 Å². The zero-order valence-corrected chi connectivity index (χ0v) is 12.4. The lowest BCUT2D eigenvalue weighted by atomic mass is 9.97. The van der Waals surface area contributed by atoms with Gasteiger partial charge in [-0.25, -0.2) is 4.79 Å². The molecule has 0 aromatic carbocycles. The van der Waals surface area contributed by atoms with E-state index in [2.05, 4.69) is 12.6 Å². The maximum atomic E-state index is 11.5. The fourth-order valence-electron chi connectivity index (χ4n) is 0.854. The highest BCUT2D eigenvalue weighted by molar-refractivity contribution is 7.80. The number of ether oxygens (including phenoxy) is 2. The average molecular weight is 292 g/mol. The van der Waals surface area contributed by atoms with E-state index in [9.17, 15) is 14.4 Å². The fraction of sp³-hybridized carbons (Fsp3) is 0.750. The highest BCUT2D eigenvalue weighted by atomic mass is 32.1. The molecule has 7 heteroatoms. The number of rotatable bonds is 6. The van der Waals surface area contributed by atoms with E-state index in [-0.39, 0.29) is 5.75 Å². The van der Waals surface area contributed by atoms with Crippen LogP contribution in [0.15, 0.2) is 0 Å². The molecule has 0 heterocycles. The van der Waals surface area contributed by atoms with Gasteiger partial charge in [0.05, 0.1) is 11.3 Å². The Hall–Kier alpha value is -1.24. The van der Waals surface area contributed by atoms with Crippen molar-refractivity contribution in [3.8, 4) is 0 Å². The first-order valence-corrected chi connectivity index (χ1v) is 6.44. The molecule has 1 N–H and O–H groups in total. The minimum absolute atomic E-state index is 0.243. The van der Waals surface area contributed by atoms with Gasteiger partial charge in [0, 0.05) is 5.75 Å². The minimum Gasteiger partial charge on any atom is -0.478 e. The summed E-state index contributed by atoms with van der Waals surface area (Å²) in [6, 6.07) is 0. The Morgan fingerprint density at radius 1 is 1.26 bits per heavy atom. The topological polar surface area (TPSA) is 89.9 Å². The second-order valence-electron chi connectivity index (χ2n) is 5.20. The molecule has 6 nitrogen and oxygen atoms in total. The third kappa shape index (κ3) is 6.47. The van der Waals surface area contributed by atoms with Crippen molar-refractivity contribution in [3.05, 3.63) is 0 Å². The molecule has 110 valence electrons. The van der Waals surface area contributed by atoms with Crippen molar-refractivity contribution in [1.29, 1.82) is 0 Å². The highest BCUT2D eigenvalue weighted by Gasteiger charge is 2.29. The Morgan fingerprint density at radius 3 is 2.16 bits per heavy atom. The summed E-state index contributed by atoms with van der Waals surface area (Å²) in [5.41, 5.74) is -0.745. The number of thiol groups is 1. The molecule has 0 aliphatic carbocycles. The molecule has 2 atom stereocenters. The van der Waals surface area contributed by atoms with Crippen molar-refractivity contribution in [2.24, 2.45) is 11.3 Å².